The molecule has 11 heteroatoms. The SMILES string of the molecule is CCCCCCCCCCCCCC(=O)OC1CC(NC(=O)CCN(CCCC)N=O)CC1O.CCCCCCCCCCCCCO.CCOCCC(C)C.[W]. The van der Waals surface area contributed by atoms with Crippen molar-refractivity contribution >= 4 is 11.9 Å². The van der Waals surface area contributed by atoms with Gasteiger partial charge >= 0.3 is 5.97 Å². The van der Waals surface area contributed by atoms with Crippen LogP contribution in [0.15, 0.2) is 5.29 Å². The van der Waals surface area contributed by atoms with E-state index < -0.39 is 12.2 Å². The quantitative estimate of drug-likeness (QED) is 0.0244. The minimum Gasteiger partial charge on any atom is -0.460 e. The Balaban J connectivity index is -0.00000104. The van der Waals surface area contributed by atoms with E-state index in [0.717, 1.165) is 57.7 Å². The minimum absolute atomic E-state index is 0. The first-order valence-electron chi connectivity index (χ1n) is 23.6. The molecule has 0 radical (unpaired) electrons. The Morgan fingerprint density at radius 2 is 1.16 bits per heavy atom. The van der Waals surface area contributed by atoms with Gasteiger partial charge in [0.15, 0.2) is 0 Å². The second kappa shape index (κ2) is 47.6. The fourth-order valence-electron chi connectivity index (χ4n) is 6.69. The molecule has 0 aromatic rings. The number of amides is 1. The Bertz CT molecular complexity index is 843. The Labute approximate surface area is 366 Å². The maximum absolute atomic E-state index is 12.2. The molecule has 3 unspecified atom stereocenters. The molecular formula is C46H93N3O7W. The number of nitrogens with one attached hydrogen (secondary N) is 1. The first-order valence-corrected chi connectivity index (χ1v) is 23.6. The van der Waals surface area contributed by atoms with Crippen LogP contribution in [-0.4, -0.2) is 78.3 Å². The van der Waals surface area contributed by atoms with E-state index in [4.69, 9.17) is 14.6 Å². The van der Waals surface area contributed by atoms with Crippen LogP contribution in [0.2, 0.25) is 0 Å². The van der Waals surface area contributed by atoms with E-state index in [1.165, 1.54) is 127 Å². The maximum atomic E-state index is 12.2. The Hall–Kier alpha value is -1.09. The van der Waals surface area contributed by atoms with Gasteiger partial charge in [-0.05, 0) is 44.9 Å². The van der Waals surface area contributed by atoms with Crippen LogP contribution in [0.4, 0.5) is 0 Å². The Morgan fingerprint density at radius 1 is 0.684 bits per heavy atom. The molecule has 0 bridgehead atoms. The number of rotatable bonds is 36. The Morgan fingerprint density at radius 3 is 1.60 bits per heavy atom. The molecule has 1 fully saturated rings. The van der Waals surface area contributed by atoms with E-state index >= 15 is 0 Å². The van der Waals surface area contributed by atoms with Crippen molar-refractivity contribution in [2.45, 2.75) is 246 Å². The van der Waals surface area contributed by atoms with E-state index in [-0.39, 0.29) is 51.9 Å². The van der Waals surface area contributed by atoms with Crippen molar-refractivity contribution in [3.63, 3.8) is 0 Å². The van der Waals surface area contributed by atoms with E-state index in [2.05, 4.69) is 38.3 Å². The minimum atomic E-state index is -0.760. The summed E-state index contributed by atoms with van der Waals surface area (Å²) in [5.74, 6) is 0.326. The zero-order chi connectivity index (χ0) is 41.9. The van der Waals surface area contributed by atoms with Gasteiger partial charge < -0.3 is 25.0 Å². The summed E-state index contributed by atoms with van der Waals surface area (Å²) in [6.07, 6.45) is 31.3. The molecule has 0 saturated heterocycles. The number of nitrogens with zero attached hydrogens (tertiary/aromatic N) is 2. The molecule has 1 amide bonds. The first kappa shape index (κ1) is 60.2. The molecule has 3 atom stereocenters. The standard InChI is InChI=1S/C26H49N3O5.C13H28O.C7H16O.W/c1-3-5-7-8-9-10-11-12-13-14-15-16-26(32)34-24-21-22(20-23(24)30)27-25(31)17-19-29(28-33)18-6-4-2;1-2-3-4-5-6-7-8-9-10-11-12-13-14;1-4-8-6-5-7(2)3;/h22-24,30H,3-21H2,1-2H3,(H,27,31);14H,2-13H2,1H3;7H,4-6H2,1-3H3;. The molecule has 1 saturated carbocycles. The first-order chi connectivity index (χ1) is 27.2. The van der Waals surface area contributed by atoms with Crippen LogP contribution >= 0.6 is 0 Å². The molecule has 1 aliphatic rings. The van der Waals surface area contributed by atoms with Crippen molar-refractivity contribution in [1.82, 2.24) is 10.3 Å². The molecule has 57 heavy (non-hydrogen) atoms. The smallest absolute Gasteiger partial charge is 0.306 e. The van der Waals surface area contributed by atoms with E-state index in [1.807, 2.05) is 13.8 Å². The second-order valence-electron chi connectivity index (χ2n) is 16.4. The van der Waals surface area contributed by atoms with Crippen LogP contribution in [0.25, 0.3) is 0 Å². The number of carbonyl (C=O) groups excluding carboxylic acids is 2. The van der Waals surface area contributed by atoms with Gasteiger partial charge in [0.2, 0.25) is 5.91 Å². The molecule has 0 aromatic carbocycles. The predicted molar refractivity (Wildman–Crippen MR) is 235 cm³/mol. The zero-order valence-electron chi connectivity index (χ0n) is 38.1. The third-order valence-corrected chi connectivity index (χ3v) is 10.4. The van der Waals surface area contributed by atoms with Crippen molar-refractivity contribution in [3.8, 4) is 0 Å². The summed E-state index contributed by atoms with van der Waals surface area (Å²) >= 11 is 0. The van der Waals surface area contributed by atoms with Crippen LogP contribution in [0.5, 0.6) is 0 Å². The number of unbranched alkanes of at least 4 members (excludes halogenated alkanes) is 21. The number of esters is 1. The molecule has 3 N–H and O–H groups in total. The summed E-state index contributed by atoms with van der Waals surface area (Å²) in [4.78, 5) is 35.2. The van der Waals surface area contributed by atoms with Gasteiger partial charge in [-0.15, -0.1) is 4.91 Å². The average molecular weight is 984 g/mol. The largest absolute Gasteiger partial charge is 0.460 e. The molecule has 0 aromatic heterocycles. The summed E-state index contributed by atoms with van der Waals surface area (Å²) in [5, 5.41) is 26.0. The van der Waals surface area contributed by atoms with E-state index in [0.29, 0.717) is 32.4 Å². The number of carbonyl (C=O) groups is 2. The molecular weight excluding hydrogens is 890 g/mol. The van der Waals surface area contributed by atoms with Gasteiger partial charge in [0, 0.05) is 79.3 Å². The average Bonchev–Trinajstić information content (AvgIpc) is 3.52. The third-order valence-electron chi connectivity index (χ3n) is 10.4. The summed E-state index contributed by atoms with van der Waals surface area (Å²) in [5.41, 5.74) is 0. The van der Waals surface area contributed by atoms with Gasteiger partial charge in [-0.2, -0.15) is 0 Å². The molecule has 0 heterocycles. The summed E-state index contributed by atoms with van der Waals surface area (Å²) in [7, 11) is 0. The summed E-state index contributed by atoms with van der Waals surface area (Å²) < 4.78 is 10.6. The fourth-order valence-corrected chi connectivity index (χ4v) is 6.69. The maximum Gasteiger partial charge on any atom is 0.306 e. The second-order valence-corrected chi connectivity index (χ2v) is 16.4. The van der Waals surface area contributed by atoms with Crippen molar-refractivity contribution in [2.24, 2.45) is 11.2 Å². The van der Waals surface area contributed by atoms with Crippen LogP contribution < -0.4 is 5.32 Å². The topological polar surface area (TPSA) is 138 Å². The fraction of sp³-hybridized carbons (Fsp3) is 0.957. The van der Waals surface area contributed by atoms with Gasteiger partial charge in [0.25, 0.3) is 0 Å². The normalized spacial score (nSPS) is 15.8. The number of hydrogen-bond acceptors (Lipinski definition) is 8. The predicted octanol–water partition coefficient (Wildman–Crippen LogP) is 11.8. The number of aliphatic hydroxyl groups excluding tert-OH is 2. The van der Waals surface area contributed by atoms with E-state index in [1.54, 1.807) is 0 Å². The molecule has 10 nitrogen and oxygen atoms in total. The van der Waals surface area contributed by atoms with Crippen LogP contribution in [0.1, 0.15) is 228 Å². The Kier molecular flexibility index (Phi) is 50.3. The molecule has 340 valence electrons. The number of nitroso groups, excluding NO2 is 1. The monoisotopic (exact) mass is 984 g/mol. The van der Waals surface area contributed by atoms with Crippen LogP contribution in [0.3, 0.4) is 0 Å². The van der Waals surface area contributed by atoms with Crippen LogP contribution in [0, 0.1) is 10.8 Å². The van der Waals surface area contributed by atoms with Crippen molar-refractivity contribution in [2.75, 3.05) is 32.9 Å². The number of aliphatic hydroxyl groups is 2. The van der Waals surface area contributed by atoms with Gasteiger partial charge in [-0.25, -0.2) is 0 Å². The van der Waals surface area contributed by atoms with Gasteiger partial charge in [-0.1, -0.05) is 169 Å². The van der Waals surface area contributed by atoms with Crippen molar-refractivity contribution in [1.29, 1.82) is 0 Å². The van der Waals surface area contributed by atoms with Gasteiger partial charge in [0.1, 0.15) is 6.10 Å². The van der Waals surface area contributed by atoms with Crippen molar-refractivity contribution < 1.29 is 50.3 Å². The van der Waals surface area contributed by atoms with E-state index in [9.17, 15) is 19.6 Å². The molecule has 1 aliphatic carbocycles. The van der Waals surface area contributed by atoms with Gasteiger partial charge in [0.05, 0.1) is 11.4 Å². The third kappa shape index (κ3) is 44.3. The molecule has 1 rings (SSSR count). The zero-order valence-corrected chi connectivity index (χ0v) is 41.0. The number of ether oxygens (including phenoxy) is 2. The number of hydrogen-bond donors (Lipinski definition) is 3. The molecule has 0 spiro atoms. The summed E-state index contributed by atoms with van der Waals surface area (Å²) in [6.45, 7) is 16.0. The summed E-state index contributed by atoms with van der Waals surface area (Å²) in [6, 6.07) is -0.226. The molecule has 0 aliphatic heterocycles. The van der Waals surface area contributed by atoms with Crippen LogP contribution in [-0.2, 0) is 40.1 Å². The van der Waals surface area contributed by atoms with Crippen molar-refractivity contribution in [3.05, 3.63) is 4.91 Å². The van der Waals surface area contributed by atoms with Gasteiger partial charge in [-0.3, -0.25) is 14.6 Å².